The highest BCUT2D eigenvalue weighted by Gasteiger charge is 2.24. The molecule has 0 fully saturated rings. The molecule has 102 valence electrons. The van der Waals surface area contributed by atoms with Crippen LogP contribution in [0.25, 0.3) is 0 Å². The Kier molecular flexibility index (Phi) is 5.07. The van der Waals surface area contributed by atoms with Crippen molar-refractivity contribution in [3.8, 4) is 0 Å². The van der Waals surface area contributed by atoms with Crippen LogP contribution in [0.2, 0.25) is 0 Å². The predicted molar refractivity (Wildman–Crippen MR) is 81.0 cm³/mol. The number of nitrogens with two attached hydrogens (primary N) is 1. The fourth-order valence-electron chi connectivity index (χ4n) is 2.34. The second-order valence-corrected chi connectivity index (χ2v) is 5.68. The van der Waals surface area contributed by atoms with Gasteiger partial charge in [0.2, 0.25) is 0 Å². The van der Waals surface area contributed by atoms with E-state index in [1.807, 2.05) is 18.3 Å². The van der Waals surface area contributed by atoms with Crippen LogP contribution in [0.3, 0.4) is 0 Å². The Labute approximate surface area is 119 Å². The van der Waals surface area contributed by atoms with Crippen molar-refractivity contribution in [2.45, 2.75) is 32.5 Å². The normalized spacial score (nSPS) is 14.5. The summed E-state index contributed by atoms with van der Waals surface area (Å²) >= 11 is 1.77. The molecular weight excluding hydrogens is 254 g/mol. The molecule has 0 aliphatic carbocycles. The van der Waals surface area contributed by atoms with Crippen LogP contribution in [0, 0.1) is 0 Å². The van der Waals surface area contributed by atoms with Gasteiger partial charge in [-0.3, -0.25) is 9.88 Å². The summed E-state index contributed by atoms with van der Waals surface area (Å²) in [6, 6.07) is 10.7. The molecule has 2 N–H and O–H groups in total. The predicted octanol–water partition coefficient (Wildman–Crippen LogP) is 3.05. The van der Waals surface area contributed by atoms with Gasteiger partial charge in [0.05, 0.1) is 11.7 Å². The minimum Gasteiger partial charge on any atom is -0.326 e. The van der Waals surface area contributed by atoms with Crippen LogP contribution in [-0.2, 0) is 6.54 Å². The lowest BCUT2D eigenvalue weighted by atomic mass is 10.1. The summed E-state index contributed by atoms with van der Waals surface area (Å²) in [6.07, 6.45) is 1.84. The third-order valence-corrected chi connectivity index (χ3v) is 4.17. The summed E-state index contributed by atoms with van der Waals surface area (Å²) in [5, 5.41) is 2.11. The summed E-state index contributed by atoms with van der Waals surface area (Å²) < 4.78 is 0. The molecule has 4 heteroatoms. The van der Waals surface area contributed by atoms with Crippen LogP contribution in [0.5, 0.6) is 0 Å². The van der Waals surface area contributed by atoms with Crippen molar-refractivity contribution >= 4 is 11.3 Å². The summed E-state index contributed by atoms with van der Waals surface area (Å²) in [7, 11) is 0. The minimum atomic E-state index is 0.0994. The first-order valence-electron chi connectivity index (χ1n) is 6.65. The van der Waals surface area contributed by atoms with Gasteiger partial charge in [0.25, 0.3) is 0 Å². The van der Waals surface area contributed by atoms with Gasteiger partial charge in [0.1, 0.15) is 0 Å². The molecule has 0 aliphatic heterocycles. The lowest BCUT2D eigenvalue weighted by molar-refractivity contribution is 0.178. The van der Waals surface area contributed by atoms with Crippen LogP contribution in [0.15, 0.2) is 41.9 Å². The molecule has 0 amide bonds. The van der Waals surface area contributed by atoms with Crippen LogP contribution < -0.4 is 5.73 Å². The van der Waals surface area contributed by atoms with Crippen molar-refractivity contribution in [2.75, 3.05) is 6.54 Å². The fourth-order valence-corrected chi connectivity index (χ4v) is 3.31. The molecule has 19 heavy (non-hydrogen) atoms. The fraction of sp³-hybridized carbons (Fsp3) is 0.400. The smallest absolute Gasteiger partial charge is 0.0594 e. The standard InChI is InChI=1S/C15H21N3S/c1-3-18(11-13-7-4-5-9-17-13)15(12(2)16)14-8-6-10-19-14/h4-10,12,15H,3,11,16H2,1-2H3. The van der Waals surface area contributed by atoms with Gasteiger partial charge in [-0.05, 0) is 37.0 Å². The number of aromatic nitrogens is 1. The maximum Gasteiger partial charge on any atom is 0.0594 e. The molecule has 3 nitrogen and oxygen atoms in total. The van der Waals surface area contributed by atoms with Crippen LogP contribution >= 0.6 is 11.3 Å². The van der Waals surface area contributed by atoms with Gasteiger partial charge in [-0.1, -0.05) is 19.1 Å². The summed E-state index contributed by atoms with van der Waals surface area (Å²) in [5.74, 6) is 0. The van der Waals surface area contributed by atoms with Gasteiger partial charge in [-0.25, -0.2) is 0 Å². The average molecular weight is 275 g/mol. The SMILES string of the molecule is CCN(Cc1ccccn1)C(c1cccs1)C(C)N. The molecule has 0 aromatic carbocycles. The number of rotatable bonds is 6. The maximum absolute atomic E-state index is 6.20. The molecule has 2 heterocycles. The first kappa shape index (κ1) is 14.2. The van der Waals surface area contributed by atoms with Crippen LogP contribution in [0.1, 0.15) is 30.5 Å². The molecule has 2 aromatic heterocycles. The van der Waals surface area contributed by atoms with Crippen molar-refractivity contribution in [1.29, 1.82) is 0 Å². The monoisotopic (exact) mass is 275 g/mol. The highest BCUT2D eigenvalue weighted by molar-refractivity contribution is 7.10. The molecule has 2 unspecified atom stereocenters. The first-order chi connectivity index (χ1) is 9.22. The van der Waals surface area contributed by atoms with E-state index in [0.29, 0.717) is 0 Å². The zero-order valence-corrected chi connectivity index (χ0v) is 12.3. The molecule has 2 atom stereocenters. The number of hydrogen-bond acceptors (Lipinski definition) is 4. The molecule has 0 bridgehead atoms. The molecule has 2 aromatic rings. The van der Waals surface area contributed by atoms with Crippen molar-refractivity contribution in [2.24, 2.45) is 5.73 Å². The summed E-state index contributed by atoms with van der Waals surface area (Å²) in [5.41, 5.74) is 7.29. The van der Waals surface area contributed by atoms with E-state index >= 15 is 0 Å². The lowest BCUT2D eigenvalue weighted by Gasteiger charge is -2.32. The molecule has 0 saturated carbocycles. The van der Waals surface area contributed by atoms with E-state index in [1.54, 1.807) is 11.3 Å². The van der Waals surface area contributed by atoms with E-state index in [9.17, 15) is 0 Å². The number of pyridine rings is 1. The van der Waals surface area contributed by atoms with E-state index in [0.717, 1.165) is 18.8 Å². The zero-order chi connectivity index (χ0) is 13.7. The molecule has 0 aliphatic rings. The van der Waals surface area contributed by atoms with Gasteiger partial charge in [-0.15, -0.1) is 11.3 Å². The van der Waals surface area contributed by atoms with E-state index < -0.39 is 0 Å². The highest BCUT2D eigenvalue weighted by Crippen LogP contribution is 2.28. The first-order valence-corrected chi connectivity index (χ1v) is 7.53. The van der Waals surface area contributed by atoms with Gasteiger partial charge < -0.3 is 5.73 Å². The van der Waals surface area contributed by atoms with Gasteiger partial charge in [0, 0.05) is 23.7 Å². The third-order valence-electron chi connectivity index (χ3n) is 3.22. The van der Waals surface area contributed by atoms with Crippen LogP contribution in [-0.4, -0.2) is 22.5 Å². The Morgan fingerprint density at radius 2 is 2.16 bits per heavy atom. The largest absolute Gasteiger partial charge is 0.326 e. The van der Waals surface area contributed by atoms with Crippen molar-refractivity contribution < 1.29 is 0 Å². The Balaban J connectivity index is 2.18. The topological polar surface area (TPSA) is 42.2 Å². The number of thiophene rings is 1. The minimum absolute atomic E-state index is 0.0994. The molecule has 2 rings (SSSR count). The number of likely N-dealkylation sites (N-methyl/N-ethyl adjacent to an activating group) is 1. The second kappa shape index (κ2) is 6.80. The summed E-state index contributed by atoms with van der Waals surface area (Å²) in [4.78, 5) is 8.12. The second-order valence-electron chi connectivity index (χ2n) is 4.70. The Hall–Kier alpha value is -1.23. The maximum atomic E-state index is 6.20. The summed E-state index contributed by atoms with van der Waals surface area (Å²) in [6.45, 7) is 6.04. The van der Waals surface area contributed by atoms with Crippen molar-refractivity contribution in [3.05, 3.63) is 52.5 Å². The molecule has 0 saturated heterocycles. The molecular formula is C15H21N3S. The van der Waals surface area contributed by atoms with E-state index in [2.05, 4.69) is 47.3 Å². The van der Waals surface area contributed by atoms with E-state index in [-0.39, 0.29) is 12.1 Å². The third kappa shape index (κ3) is 3.62. The Morgan fingerprint density at radius 3 is 2.68 bits per heavy atom. The lowest BCUT2D eigenvalue weighted by Crippen LogP contribution is -2.38. The van der Waals surface area contributed by atoms with Crippen molar-refractivity contribution in [1.82, 2.24) is 9.88 Å². The van der Waals surface area contributed by atoms with Gasteiger partial charge >= 0.3 is 0 Å². The zero-order valence-electron chi connectivity index (χ0n) is 11.5. The van der Waals surface area contributed by atoms with Gasteiger partial charge in [0.15, 0.2) is 0 Å². The van der Waals surface area contributed by atoms with Crippen molar-refractivity contribution in [3.63, 3.8) is 0 Å². The highest BCUT2D eigenvalue weighted by atomic mass is 32.1. The molecule has 0 spiro atoms. The number of nitrogens with zero attached hydrogens (tertiary/aromatic N) is 2. The van der Waals surface area contributed by atoms with Gasteiger partial charge in [-0.2, -0.15) is 0 Å². The molecule has 0 radical (unpaired) electrons. The average Bonchev–Trinajstić information content (AvgIpc) is 2.92. The Morgan fingerprint density at radius 1 is 1.32 bits per heavy atom. The van der Waals surface area contributed by atoms with E-state index in [1.165, 1.54) is 4.88 Å². The van der Waals surface area contributed by atoms with Crippen LogP contribution in [0.4, 0.5) is 0 Å². The number of hydrogen-bond donors (Lipinski definition) is 1. The Bertz CT molecular complexity index is 467. The van der Waals surface area contributed by atoms with E-state index in [4.69, 9.17) is 5.73 Å². The quantitative estimate of drug-likeness (QED) is 0.881.